The average molecular weight is 404 g/mol. The zero-order chi connectivity index (χ0) is 21.4. The smallest absolute Gasteiger partial charge is 0.852 e. The van der Waals surface area contributed by atoms with Gasteiger partial charge in [0.05, 0.1) is 0 Å². The Labute approximate surface area is 180 Å². The van der Waals surface area contributed by atoms with Crippen molar-refractivity contribution in [1.82, 2.24) is 0 Å². The van der Waals surface area contributed by atoms with Gasteiger partial charge in [-0.1, -0.05) is 41.5 Å². The normalized spacial score (nSPS) is 10.3. The summed E-state index contributed by atoms with van der Waals surface area (Å²) in [4.78, 5) is 0. The van der Waals surface area contributed by atoms with E-state index < -0.39 is 18.3 Å². The van der Waals surface area contributed by atoms with Crippen LogP contribution in [0.5, 0.6) is 0 Å². The molecule has 0 heterocycles. The average Bonchev–Trinajstić information content (AvgIpc) is 2.80. The molecule has 0 atom stereocenters. The van der Waals surface area contributed by atoms with Gasteiger partial charge in [-0.25, -0.2) is 12.2 Å². The summed E-state index contributed by atoms with van der Waals surface area (Å²) in [6.07, 6.45) is 8.75. The minimum atomic E-state index is -0.417. The van der Waals surface area contributed by atoms with Crippen LogP contribution in [-0.2, 0) is 21.7 Å². The van der Waals surface area contributed by atoms with E-state index in [9.17, 15) is 15.3 Å². The summed E-state index contributed by atoms with van der Waals surface area (Å²) in [5.74, 6) is 2.83. The zero-order valence-corrected chi connectivity index (χ0v) is 21.0. The molecular formula is C22H44O3Ti-3. The van der Waals surface area contributed by atoms with Crippen LogP contribution in [0.25, 0.3) is 0 Å². The fraction of sp³-hybridized carbons (Fsp3) is 0.727. The molecule has 0 aromatic carbocycles. The van der Waals surface area contributed by atoms with E-state index in [-0.39, 0.29) is 21.7 Å². The predicted octanol–water partition coefficient (Wildman–Crippen LogP) is 3.81. The Balaban J connectivity index is -0.0000000460. The topological polar surface area (TPSA) is 69.2 Å². The SMILES string of the molecule is CC(C)[O-].CC(C)[O-].CC(C)[O-].C[C-](C)C.C[C-](C)C.[C-]1=CC=CC1.[Ti+3]. The maximum atomic E-state index is 9.53. The van der Waals surface area contributed by atoms with Crippen molar-refractivity contribution in [3.05, 3.63) is 36.1 Å². The fourth-order valence-corrected chi connectivity index (χ4v) is 0.340. The second-order valence-electron chi connectivity index (χ2n) is 7.15. The fourth-order valence-electron chi connectivity index (χ4n) is 0.340. The Kier molecular flexibility index (Phi) is 56.4. The molecular weight excluding hydrogens is 360 g/mol. The summed E-state index contributed by atoms with van der Waals surface area (Å²) in [6.45, 7) is 22.2. The number of allylic oxidation sites excluding steroid dienone is 4. The minimum absolute atomic E-state index is 0. The first kappa shape index (κ1) is 40.7. The maximum Gasteiger partial charge on any atom is 3.00 e. The Morgan fingerprint density at radius 3 is 0.923 bits per heavy atom. The molecule has 0 amide bonds. The van der Waals surface area contributed by atoms with E-state index in [4.69, 9.17) is 0 Å². The number of hydrogen-bond donors (Lipinski definition) is 0. The van der Waals surface area contributed by atoms with E-state index >= 15 is 0 Å². The summed E-state index contributed by atoms with van der Waals surface area (Å²) in [5, 5.41) is 28.6. The molecule has 1 aliphatic rings. The van der Waals surface area contributed by atoms with Gasteiger partial charge in [-0.3, -0.25) is 6.08 Å². The van der Waals surface area contributed by atoms with Gasteiger partial charge >= 0.3 is 21.7 Å². The van der Waals surface area contributed by atoms with Gasteiger partial charge < -0.3 is 27.2 Å². The standard InChI is InChI=1S/C5H5.2C4H9.3C3H7O.Ti/c1-2-4-5-3-1;2*1-4(2)3;3*1-3(2)4;/h1-3H,4H2;2*1-3H3;3*3H,1-2H3;/q6*-1;+3. The van der Waals surface area contributed by atoms with Crippen molar-refractivity contribution in [2.24, 2.45) is 0 Å². The van der Waals surface area contributed by atoms with E-state index in [2.05, 4.69) is 53.7 Å². The summed E-state index contributed by atoms with van der Waals surface area (Å²) in [5.41, 5.74) is 0. The van der Waals surface area contributed by atoms with Crippen molar-refractivity contribution in [3.8, 4) is 0 Å². The van der Waals surface area contributed by atoms with Crippen molar-refractivity contribution in [2.45, 2.75) is 108 Å². The summed E-state index contributed by atoms with van der Waals surface area (Å²) >= 11 is 0. The van der Waals surface area contributed by atoms with Crippen LogP contribution >= 0.6 is 0 Å². The van der Waals surface area contributed by atoms with E-state index in [1.807, 2.05) is 12.2 Å². The molecule has 1 radical (unpaired) electrons. The second kappa shape index (κ2) is 36.1. The molecule has 3 nitrogen and oxygen atoms in total. The van der Waals surface area contributed by atoms with Crippen molar-refractivity contribution >= 4 is 0 Å². The van der Waals surface area contributed by atoms with Crippen LogP contribution in [0.15, 0.2) is 18.2 Å². The van der Waals surface area contributed by atoms with Gasteiger partial charge in [-0.15, -0.1) is 24.7 Å². The monoisotopic (exact) mass is 404 g/mol. The molecule has 0 aliphatic heterocycles. The molecule has 0 aromatic heterocycles. The van der Waals surface area contributed by atoms with Gasteiger partial charge in [0, 0.05) is 0 Å². The molecule has 0 N–H and O–H groups in total. The summed E-state index contributed by atoms with van der Waals surface area (Å²) in [7, 11) is 0. The molecule has 157 valence electrons. The summed E-state index contributed by atoms with van der Waals surface area (Å²) in [6, 6.07) is 0. The van der Waals surface area contributed by atoms with Crippen molar-refractivity contribution in [1.29, 1.82) is 0 Å². The van der Waals surface area contributed by atoms with Crippen molar-refractivity contribution in [3.63, 3.8) is 0 Å². The quantitative estimate of drug-likeness (QED) is 0.455. The Bertz CT molecular complexity index is 187. The molecule has 0 aromatic rings. The molecule has 26 heavy (non-hydrogen) atoms. The van der Waals surface area contributed by atoms with Crippen LogP contribution < -0.4 is 15.3 Å². The molecule has 0 unspecified atom stereocenters. The Morgan fingerprint density at radius 1 is 0.692 bits per heavy atom. The van der Waals surface area contributed by atoms with Crippen LogP contribution in [0.3, 0.4) is 0 Å². The first-order chi connectivity index (χ1) is 11.2. The van der Waals surface area contributed by atoms with Gasteiger partial charge in [-0.2, -0.15) is 47.6 Å². The number of hydrogen-bond acceptors (Lipinski definition) is 3. The van der Waals surface area contributed by atoms with Crippen LogP contribution in [0.4, 0.5) is 0 Å². The van der Waals surface area contributed by atoms with Gasteiger partial charge in [0.1, 0.15) is 0 Å². The van der Waals surface area contributed by atoms with Gasteiger partial charge in [0.15, 0.2) is 0 Å². The van der Waals surface area contributed by atoms with E-state index in [0.717, 1.165) is 6.42 Å². The van der Waals surface area contributed by atoms with E-state index in [0.29, 0.717) is 0 Å². The first-order valence-corrected chi connectivity index (χ1v) is 8.89. The molecule has 0 spiro atoms. The third-order valence-electron chi connectivity index (χ3n) is 0.586. The van der Waals surface area contributed by atoms with Gasteiger partial charge in [-0.05, 0) is 0 Å². The van der Waals surface area contributed by atoms with E-state index in [1.165, 1.54) is 11.8 Å². The third kappa shape index (κ3) is 498. The second-order valence-corrected chi connectivity index (χ2v) is 7.15. The minimum Gasteiger partial charge on any atom is -0.852 e. The molecule has 4 heteroatoms. The van der Waals surface area contributed by atoms with Crippen molar-refractivity contribution < 1.29 is 37.0 Å². The number of rotatable bonds is 0. The third-order valence-corrected chi connectivity index (χ3v) is 0.586. The molecule has 0 bridgehead atoms. The van der Waals surface area contributed by atoms with Crippen LogP contribution in [0.1, 0.15) is 89.5 Å². The largest absolute Gasteiger partial charge is 3.00 e. The van der Waals surface area contributed by atoms with Crippen LogP contribution in [0.2, 0.25) is 0 Å². The van der Waals surface area contributed by atoms with E-state index in [1.54, 1.807) is 41.5 Å². The zero-order valence-electron chi connectivity index (χ0n) is 19.4. The first-order valence-electron chi connectivity index (χ1n) is 8.89. The molecule has 1 rings (SSSR count). The Hall–Kier alpha value is 0.0743. The molecule has 0 saturated heterocycles. The van der Waals surface area contributed by atoms with Gasteiger partial charge in [0.2, 0.25) is 0 Å². The van der Waals surface area contributed by atoms with Crippen LogP contribution in [-0.4, -0.2) is 18.3 Å². The van der Waals surface area contributed by atoms with Crippen molar-refractivity contribution in [2.75, 3.05) is 0 Å². The predicted molar refractivity (Wildman–Crippen MR) is 108 cm³/mol. The van der Waals surface area contributed by atoms with Crippen LogP contribution in [0, 0.1) is 17.9 Å². The molecule has 1 aliphatic carbocycles. The maximum absolute atomic E-state index is 9.53. The molecule has 0 saturated carbocycles. The van der Waals surface area contributed by atoms with Gasteiger partial charge in [0.25, 0.3) is 0 Å². The Morgan fingerprint density at radius 2 is 0.885 bits per heavy atom. The summed E-state index contributed by atoms with van der Waals surface area (Å²) < 4.78 is 0. The molecule has 0 fully saturated rings.